The summed E-state index contributed by atoms with van der Waals surface area (Å²) in [5, 5.41) is 26.9. The number of aromatic hydroxyl groups is 1. The Morgan fingerprint density at radius 3 is 2.18 bits per heavy atom. The highest BCUT2D eigenvalue weighted by Gasteiger charge is 2.26. The van der Waals surface area contributed by atoms with E-state index in [4.69, 9.17) is 5.73 Å². The van der Waals surface area contributed by atoms with Crippen molar-refractivity contribution in [2.24, 2.45) is 5.73 Å². The van der Waals surface area contributed by atoms with Gasteiger partial charge in [0.1, 0.15) is 17.8 Å². The minimum atomic E-state index is -1.12. The van der Waals surface area contributed by atoms with Gasteiger partial charge in [-0.2, -0.15) is 11.8 Å². The van der Waals surface area contributed by atoms with Crippen molar-refractivity contribution < 1.29 is 29.4 Å². The van der Waals surface area contributed by atoms with Gasteiger partial charge < -0.3 is 31.9 Å². The molecule has 7 N–H and O–H groups in total. The number of amides is 3. The molecule has 0 fully saturated rings. The van der Waals surface area contributed by atoms with E-state index >= 15 is 0 Å². The van der Waals surface area contributed by atoms with Crippen LogP contribution >= 0.6 is 11.8 Å². The lowest BCUT2D eigenvalue weighted by Crippen LogP contribution is -2.52. The van der Waals surface area contributed by atoms with Gasteiger partial charge in [0.2, 0.25) is 17.7 Å². The molecule has 1 unspecified atom stereocenters. The highest BCUT2D eigenvalue weighted by Crippen LogP contribution is 2.11. The molecular formula is C28H38N4O6S. The largest absolute Gasteiger partial charge is 0.508 e. The predicted molar refractivity (Wildman–Crippen MR) is 151 cm³/mol. The molecule has 39 heavy (non-hydrogen) atoms. The summed E-state index contributed by atoms with van der Waals surface area (Å²) in [4.78, 5) is 49.4. The zero-order valence-electron chi connectivity index (χ0n) is 22.1. The maximum absolute atomic E-state index is 13.0. The van der Waals surface area contributed by atoms with Crippen molar-refractivity contribution in [3.05, 3.63) is 65.7 Å². The summed E-state index contributed by atoms with van der Waals surface area (Å²) in [6.45, 7) is 0.346. The summed E-state index contributed by atoms with van der Waals surface area (Å²) in [6, 6.07) is 13.0. The van der Waals surface area contributed by atoms with Crippen LogP contribution in [0.4, 0.5) is 0 Å². The molecule has 0 heterocycles. The van der Waals surface area contributed by atoms with Crippen LogP contribution in [0, 0.1) is 0 Å². The minimum absolute atomic E-state index is 0.142. The van der Waals surface area contributed by atoms with E-state index in [1.54, 1.807) is 12.1 Å². The minimum Gasteiger partial charge on any atom is -0.508 e. The zero-order chi connectivity index (χ0) is 28.6. The molecule has 0 saturated carbocycles. The molecular weight excluding hydrogens is 520 g/mol. The number of unbranched alkanes of at least 4 members (excludes halogenated alkanes) is 1. The van der Waals surface area contributed by atoms with Gasteiger partial charge in [-0.1, -0.05) is 42.5 Å². The first-order valence-electron chi connectivity index (χ1n) is 12.9. The molecule has 0 radical (unpaired) electrons. The van der Waals surface area contributed by atoms with Gasteiger partial charge in [-0.05, 0) is 61.0 Å². The number of aliphatic carboxylic acids is 1. The predicted octanol–water partition coefficient (Wildman–Crippen LogP) is 1.60. The Kier molecular flexibility index (Phi) is 13.9. The summed E-state index contributed by atoms with van der Waals surface area (Å²) in [6.07, 6.45) is 3.85. The van der Waals surface area contributed by atoms with E-state index in [1.165, 1.54) is 23.9 Å². The van der Waals surface area contributed by atoms with E-state index in [-0.39, 0.29) is 36.8 Å². The molecule has 10 nitrogen and oxygen atoms in total. The van der Waals surface area contributed by atoms with Gasteiger partial charge in [0.15, 0.2) is 0 Å². The number of benzene rings is 2. The maximum atomic E-state index is 13.0. The average Bonchev–Trinajstić information content (AvgIpc) is 2.91. The van der Waals surface area contributed by atoms with Crippen LogP contribution in [0.25, 0.3) is 0 Å². The monoisotopic (exact) mass is 558 g/mol. The lowest BCUT2D eigenvalue weighted by atomic mass is 10.0. The second-order valence-corrected chi connectivity index (χ2v) is 10.2. The Hall–Kier alpha value is -3.57. The SMILES string of the molecule is CSCC[C@H](NC(=O)[C@H](Cc1ccccc1)NC(=O)CCCCNC(=O)C(N)Cc1ccc(O)cc1)C(=O)O. The maximum Gasteiger partial charge on any atom is 0.326 e. The first kappa shape index (κ1) is 31.6. The van der Waals surface area contributed by atoms with Crippen LogP contribution in [0.2, 0.25) is 0 Å². The van der Waals surface area contributed by atoms with E-state index in [0.29, 0.717) is 31.6 Å². The number of nitrogens with two attached hydrogens (primary N) is 1. The molecule has 3 amide bonds. The number of hydrogen-bond donors (Lipinski definition) is 6. The number of phenols is 1. The molecule has 0 bridgehead atoms. The van der Waals surface area contributed by atoms with Crippen molar-refractivity contribution in [3.63, 3.8) is 0 Å². The van der Waals surface area contributed by atoms with Crippen LogP contribution < -0.4 is 21.7 Å². The molecule has 2 aromatic carbocycles. The third-order valence-electron chi connectivity index (χ3n) is 6.02. The molecule has 3 atom stereocenters. The van der Waals surface area contributed by atoms with Gasteiger partial charge >= 0.3 is 5.97 Å². The number of carbonyl (C=O) groups is 4. The van der Waals surface area contributed by atoms with Crippen molar-refractivity contribution in [2.45, 2.75) is 56.7 Å². The van der Waals surface area contributed by atoms with E-state index in [1.807, 2.05) is 36.6 Å². The molecule has 0 aliphatic rings. The summed E-state index contributed by atoms with van der Waals surface area (Å²) in [5.74, 6) is -1.59. The number of carboxylic acids is 1. The van der Waals surface area contributed by atoms with Gasteiger partial charge in [-0.15, -0.1) is 0 Å². The number of carboxylic acid groups (broad SMARTS) is 1. The molecule has 2 aromatic rings. The number of nitrogens with one attached hydrogen (secondary N) is 3. The van der Waals surface area contributed by atoms with Gasteiger partial charge in [0.05, 0.1) is 6.04 Å². The molecule has 0 aromatic heterocycles. The van der Waals surface area contributed by atoms with Gasteiger partial charge in [0.25, 0.3) is 0 Å². The lowest BCUT2D eigenvalue weighted by molar-refractivity contribution is -0.142. The van der Waals surface area contributed by atoms with E-state index < -0.39 is 30.0 Å². The van der Waals surface area contributed by atoms with E-state index in [9.17, 15) is 29.4 Å². The molecule has 0 spiro atoms. The second kappa shape index (κ2) is 17.1. The molecule has 0 aliphatic carbocycles. The fourth-order valence-corrected chi connectivity index (χ4v) is 4.29. The summed E-state index contributed by atoms with van der Waals surface area (Å²) >= 11 is 1.49. The standard InChI is InChI=1S/C28H38N4O6S/c1-39-16-14-23(28(37)38)32-27(36)24(18-19-7-3-2-4-8-19)31-25(34)9-5-6-15-30-26(35)22(29)17-20-10-12-21(33)13-11-20/h2-4,7-8,10-13,22-24,33H,5-6,9,14-18,29H2,1H3,(H,30,35)(H,31,34)(H,32,36)(H,37,38)/t22?,23-,24-/m0/s1. The highest BCUT2D eigenvalue weighted by atomic mass is 32.2. The van der Waals surface area contributed by atoms with E-state index in [0.717, 1.165) is 11.1 Å². The Bertz CT molecular complexity index is 1070. The molecule has 2 rings (SSSR count). The Morgan fingerprint density at radius 1 is 0.872 bits per heavy atom. The second-order valence-electron chi connectivity index (χ2n) is 9.22. The fraction of sp³-hybridized carbons (Fsp3) is 0.429. The first-order valence-corrected chi connectivity index (χ1v) is 14.3. The normalized spacial score (nSPS) is 13.1. The van der Waals surface area contributed by atoms with Gasteiger partial charge in [-0.25, -0.2) is 4.79 Å². The highest BCUT2D eigenvalue weighted by molar-refractivity contribution is 7.98. The molecule has 0 saturated heterocycles. The van der Waals surface area contributed by atoms with Crippen molar-refractivity contribution in [2.75, 3.05) is 18.6 Å². The Morgan fingerprint density at radius 2 is 1.54 bits per heavy atom. The Balaban J connectivity index is 1.81. The van der Waals surface area contributed by atoms with Crippen LogP contribution in [0.3, 0.4) is 0 Å². The summed E-state index contributed by atoms with van der Waals surface area (Å²) < 4.78 is 0. The summed E-state index contributed by atoms with van der Waals surface area (Å²) in [5.41, 5.74) is 7.63. The number of carbonyl (C=O) groups excluding carboxylic acids is 3. The number of hydrogen-bond acceptors (Lipinski definition) is 7. The zero-order valence-corrected chi connectivity index (χ0v) is 22.9. The van der Waals surface area contributed by atoms with Crippen molar-refractivity contribution >= 4 is 35.5 Å². The third kappa shape index (κ3) is 12.2. The van der Waals surface area contributed by atoms with Gasteiger partial charge in [0, 0.05) is 19.4 Å². The number of thioether (sulfide) groups is 1. The van der Waals surface area contributed by atoms with Crippen molar-refractivity contribution in [1.82, 2.24) is 16.0 Å². The number of rotatable bonds is 17. The first-order chi connectivity index (χ1) is 18.7. The van der Waals surface area contributed by atoms with Crippen LogP contribution in [0.15, 0.2) is 54.6 Å². The smallest absolute Gasteiger partial charge is 0.326 e. The molecule has 11 heteroatoms. The van der Waals surface area contributed by atoms with Crippen LogP contribution in [0.1, 0.15) is 36.8 Å². The molecule has 212 valence electrons. The van der Waals surface area contributed by atoms with Crippen molar-refractivity contribution in [3.8, 4) is 5.75 Å². The van der Waals surface area contributed by atoms with Gasteiger partial charge in [-0.3, -0.25) is 14.4 Å². The third-order valence-corrected chi connectivity index (χ3v) is 6.66. The number of phenolic OH excluding ortho intramolecular Hbond substituents is 1. The van der Waals surface area contributed by atoms with Crippen LogP contribution in [0.5, 0.6) is 5.75 Å². The van der Waals surface area contributed by atoms with E-state index in [2.05, 4.69) is 16.0 Å². The summed E-state index contributed by atoms with van der Waals surface area (Å²) in [7, 11) is 0. The fourth-order valence-electron chi connectivity index (χ4n) is 3.82. The van der Waals surface area contributed by atoms with Crippen LogP contribution in [-0.2, 0) is 32.0 Å². The Labute approximate surface area is 233 Å². The lowest BCUT2D eigenvalue weighted by Gasteiger charge is -2.21. The van der Waals surface area contributed by atoms with Crippen molar-refractivity contribution in [1.29, 1.82) is 0 Å². The van der Waals surface area contributed by atoms with Crippen LogP contribution in [-0.4, -0.2) is 70.6 Å². The average molecular weight is 559 g/mol. The quantitative estimate of drug-likeness (QED) is 0.159. The topological polar surface area (TPSA) is 171 Å². The molecule has 0 aliphatic heterocycles.